The van der Waals surface area contributed by atoms with Crippen LogP contribution in [0.25, 0.3) is 10.6 Å². The minimum Gasteiger partial charge on any atom is -0.486 e. The van der Waals surface area contributed by atoms with E-state index < -0.39 is 0 Å². The lowest BCUT2D eigenvalue weighted by molar-refractivity contribution is -0.109. The number of hydrogen-bond acceptors (Lipinski definition) is 6. The highest BCUT2D eigenvalue weighted by atomic mass is 79.9. The highest BCUT2D eigenvalue weighted by Gasteiger charge is 2.04. The summed E-state index contributed by atoms with van der Waals surface area (Å²) in [4.78, 5) is 16.9. The second kappa shape index (κ2) is 9.56. The zero-order valence-corrected chi connectivity index (χ0v) is 16.5. The van der Waals surface area contributed by atoms with Crippen molar-refractivity contribution >= 4 is 50.0 Å². The molecule has 0 bridgehead atoms. The first-order chi connectivity index (χ1) is 11.6. The Bertz CT molecular complexity index is 769. The fraction of sp³-hybridized carbons (Fsp3) is 0.176. The molecular formula is C17H17BrN2O2S2. The summed E-state index contributed by atoms with van der Waals surface area (Å²) in [5.41, 5.74) is 1.08. The first kappa shape index (κ1) is 18.6. The number of hydrogen-bond donors (Lipinski definition) is 1. The first-order valence-corrected chi connectivity index (χ1v) is 9.63. The molecule has 24 heavy (non-hydrogen) atoms. The Kier molecular flexibility index (Phi) is 7.42. The van der Waals surface area contributed by atoms with Gasteiger partial charge in [-0.15, -0.1) is 22.7 Å². The van der Waals surface area contributed by atoms with Gasteiger partial charge in [-0.3, -0.25) is 4.79 Å². The average molecular weight is 425 g/mol. The smallest absolute Gasteiger partial charge is 0.182 e. The number of aldehydes is 1. The number of aryl methyl sites for hydroxylation is 1. The maximum Gasteiger partial charge on any atom is 0.182 e. The quantitative estimate of drug-likeness (QED) is 0.568. The summed E-state index contributed by atoms with van der Waals surface area (Å²) in [5.74, 6) is 0.709. The summed E-state index contributed by atoms with van der Waals surface area (Å²) in [7, 11) is 1.89. The van der Waals surface area contributed by atoms with Crippen LogP contribution in [-0.4, -0.2) is 24.9 Å². The molecule has 0 unspecified atom stereocenters. The summed E-state index contributed by atoms with van der Waals surface area (Å²) in [5, 5.41) is 6.09. The maximum absolute atomic E-state index is 9.91. The number of nitrogens with zero attached hydrogens (tertiary/aromatic N) is 1. The predicted molar refractivity (Wildman–Crippen MR) is 105 cm³/mol. The summed E-state index contributed by atoms with van der Waals surface area (Å²) in [6.45, 7) is 2.22. The van der Waals surface area contributed by atoms with Gasteiger partial charge in [0, 0.05) is 21.8 Å². The fourth-order valence-corrected chi connectivity index (χ4v) is 3.57. The number of thiophene rings is 1. The van der Waals surface area contributed by atoms with Gasteiger partial charge in [-0.2, -0.15) is 0 Å². The summed E-state index contributed by atoms with van der Waals surface area (Å²) in [6.07, 6.45) is 0.724. The van der Waals surface area contributed by atoms with Gasteiger partial charge in [-0.1, -0.05) is 15.9 Å². The first-order valence-electron chi connectivity index (χ1n) is 7.14. The van der Waals surface area contributed by atoms with E-state index in [9.17, 15) is 4.79 Å². The van der Waals surface area contributed by atoms with Gasteiger partial charge >= 0.3 is 0 Å². The van der Waals surface area contributed by atoms with Crippen molar-refractivity contribution < 1.29 is 9.53 Å². The molecule has 0 saturated carbocycles. The second-order valence-electron chi connectivity index (χ2n) is 4.63. The zero-order chi connectivity index (χ0) is 17.4. The molecule has 0 spiro atoms. The monoisotopic (exact) mass is 424 g/mol. The second-order valence-corrected chi connectivity index (χ2v) is 7.69. The van der Waals surface area contributed by atoms with Crippen molar-refractivity contribution in [3.8, 4) is 16.3 Å². The number of thiazole rings is 1. The Balaban J connectivity index is 0.000000177. The molecule has 1 aromatic carbocycles. The average Bonchev–Trinajstić information content (AvgIpc) is 3.23. The molecule has 0 aliphatic rings. The Hall–Kier alpha value is -1.70. The van der Waals surface area contributed by atoms with Crippen molar-refractivity contribution in [1.29, 1.82) is 0 Å². The van der Waals surface area contributed by atoms with Crippen molar-refractivity contribution in [1.82, 2.24) is 4.98 Å². The molecule has 0 atom stereocenters. The van der Waals surface area contributed by atoms with E-state index in [0.29, 0.717) is 5.75 Å². The third-order valence-corrected chi connectivity index (χ3v) is 5.25. The van der Waals surface area contributed by atoms with Crippen LogP contribution in [0.15, 0.2) is 46.3 Å². The molecule has 7 heteroatoms. The van der Waals surface area contributed by atoms with E-state index in [1.807, 2.05) is 19.2 Å². The minimum absolute atomic E-state index is 0.113. The van der Waals surface area contributed by atoms with Crippen molar-refractivity contribution in [3.63, 3.8) is 0 Å². The molecule has 0 fully saturated rings. The Morgan fingerprint density at radius 1 is 1.25 bits per heavy atom. The topological polar surface area (TPSA) is 51.2 Å². The van der Waals surface area contributed by atoms with Crippen LogP contribution in [0.4, 0.5) is 5.13 Å². The van der Waals surface area contributed by atoms with Crippen LogP contribution in [0.5, 0.6) is 5.75 Å². The SMILES string of the molecule is CNc1nc(-c2ccc(C)s2)cs1.O=CCOc1ccc(Br)cc1. The van der Waals surface area contributed by atoms with Crippen LogP contribution in [-0.2, 0) is 4.79 Å². The minimum atomic E-state index is 0.113. The van der Waals surface area contributed by atoms with E-state index in [-0.39, 0.29) is 6.61 Å². The third-order valence-electron chi connectivity index (χ3n) is 2.84. The number of carbonyl (C=O) groups is 1. The van der Waals surface area contributed by atoms with E-state index in [4.69, 9.17) is 4.74 Å². The van der Waals surface area contributed by atoms with Gasteiger partial charge in [-0.05, 0) is 43.3 Å². The van der Waals surface area contributed by atoms with Crippen molar-refractivity contribution in [3.05, 3.63) is 51.1 Å². The van der Waals surface area contributed by atoms with Gasteiger partial charge in [0.2, 0.25) is 0 Å². The number of carbonyl (C=O) groups excluding carboxylic acids is 1. The number of nitrogens with one attached hydrogen (secondary N) is 1. The van der Waals surface area contributed by atoms with Crippen LogP contribution in [0.2, 0.25) is 0 Å². The van der Waals surface area contributed by atoms with Crippen molar-refractivity contribution in [2.24, 2.45) is 0 Å². The lowest BCUT2D eigenvalue weighted by Crippen LogP contribution is -1.96. The van der Waals surface area contributed by atoms with Crippen LogP contribution >= 0.6 is 38.6 Å². The van der Waals surface area contributed by atoms with Crippen LogP contribution in [0, 0.1) is 6.92 Å². The van der Waals surface area contributed by atoms with Gasteiger partial charge in [0.15, 0.2) is 11.4 Å². The van der Waals surface area contributed by atoms with E-state index in [0.717, 1.165) is 21.6 Å². The van der Waals surface area contributed by atoms with Gasteiger partial charge in [0.25, 0.3) is 0 Å². The molecule has 4 nitrogen and oxygen atoms in total. The Labute approximate surface area is 157 Å². The highest BCUT2D eigenvalue weighted by molar-refractivity contribution is 9.10. The van der Waals surface area contributed by atoms with E-state index in [1.54, 1.807) is 34.8 Å². The summed E-state index contributed by atoms with van der Waals surface area (Å²) >= 11 is 6.71. The number of benzene rings is 1. The molecule has 3 rings (SSSR count). The number of aromatic nitrogens is 1. The summed E-state index contributed by atoms with van der Waals surface area (Å²) < 4.78 is 6.02. The number of rotatable bonds is 5. The largest absolute Gasteiger partial charge is 0.486 e. The summed E-state index contributed by atoms with van der Waals surface area (Å²) in [6, 6.07) is 11.6. The molecule has 0 aliphatic carbocycles. The van der Waals surface area contributed by atoms with E-state index in [2.05, 4.69) is 50.7 Å². The Morgan fingerprint density at radius 3 is 2.54 bits per heavy atom. The lowest BCUT2D eigenvalue weighted by atomic mass is 10.3. The van der Waals surface area contributed by atoms with Gasteiger partial charge in [-0.25, -0.2) is 4.98 Å². The Morgan fingerprint density at radius 2 is 2.00 bits per heavy atom. The van der Waals surface area contributed by atoms with Gasteiger partial charge in [0.05, 0.1) is 10.6 Å². The standard InChI is InChI=1S/C9H10N2S2.C8H7BrO2/c1-6-3-4-8(13-6)7-5-12-9(10-2)11-7;9-7-1-3-8(4-2-7)11-6-5-10/h3-5H,1-2H3,(H,10,11);1-5H,6H2. The number of halogens is 1. The zero-order valence-electron chi connectivity index (χ0n) is 13.3. The van der Waals surface area contributed by atoms with Crippen molar-refractivity contribution in [2.45, 2.75) is 6.92 Å². The lowest BCUT2D eigenvalue weighted by Gasteiger charge is -2.00. The molecule has 126 valence electrons. The molecule has 2 heterocycles. The molecule has 3 aromatic rings. The van der Waals surface area contributed by atoms with Gasteiger partial charge < -0.3 is 10.1 Å². The van der Waals surface area contributed by atoms with Crippen LogP contribution in [0.1, 0.15) is 4.88 Å². The maximum atomic E-state index is 9.91. The van der Waals surface area contributed by atoms with E-state index in [1.165, 1.54) is 9.75 Å². The van der Waals surface area contributed by atoms with Gasteiger partial charge in [0.1, 0.15) is 12.4 Å². The molecule has 0 aliphatic heterocycles. The number of ether oxygens (including phenoxy) is 1. The normalized spacial score (nSPS) is 9.79. The highest BCUT2D eigenvalue weighted by Crippen LogP contribution is 2.29. The van der Waals surface area contributed by atoms with E-state index >= 15 is 0 Å². The van der Waals surface area contributed by atoms with Crippen LogP contribution < -0.4 is 10.1 Å². The van der Waals surface area contributed by atoms with Crippen molar-refractivity contribution in [2.75, 3.05) is 19.0 Å². The van der Waals surface area contributed by atoms with Crippen LogP contribution in [0.3, 0.4) is 0 Å². The number of anilines is 1. The molecule has 0 amide bonds. The molecule has 2 aromatic heterocycles. The molecular weight excluding hydrogens is 408 g/mol. The molecule has 1 N–H and O–H groups in total. The third kappa shape index (κ3) is 5.74. The fourth-order valence-electron chi connectivity index (χ4n) is 1.73. The molecule has 0 saturated heterocycles. The molecule has 0 radical (unpaired) electrons. The predicted octanol–water partition coefficient (Wildman–Crippen LogP) is 5.25.